The van der Waals surface area contributed by atoms with Crippen LogP contribution in [0.3, 0.4) is 0 Å². The first-order chi connectivity index (χ1) is 10.1. The number of carbonyl (C=O) groups excluding carboxylic acids is 1. The van der Waals surface area contributed by atoms with Crippen molar-refractivity contribution in [3.63, 3.8) is 0 Å². The molecular weight excluding hydrogens is 288 g/mol. The molecule has 0 aromatic heterocycles. The third-order valence-corrected chi connectivity index (χ3v) is 3.65. The Morgan fingerprint density at radius 3 is 2.29 bits per heavy atom. The predicted molar refractivity (Wildman–Crippen MR) is 84.2 cm³/mol. The van der Waals surface area contributed by atoms with Crippen molar-refractivity contribution in [3.8, 4) is 0 Å². The molecule has 0 saturated heterocycles. The lowest BCUT2D eigenvalue weighted by molar-refractivity contribution is -0.137. The van der Waals surface area contributed by atoms with Crippen molar-refractivity contribution < 1.29 is 14.7 Å². The Morgan fingerprint density at radius 1 is 1.05 bits per heavy atom. The maximum absolute atomic E-state index is 11.8. The molecule has 1 rings (SSSR count). The first-order valence-electron chi connectivity index (χ1n) is 7.10. The quantitative estimate of drug-likeness (QED) is 0.456. The van der Waals surface area contributed by atoms with Gasteiger partial charge in [0.1, 0.15) is 0 Å². The number of rotatable bonds is 10. The molecule has 0 aliphatic rings. The molecule has 0 atom stereocenters. The normalized spacial score (nSPS) is 10.3. The van der Waals surface area contributed by atoms with Crippen molar-refractivity contribution in [2.24, 2.45) is 5.14 Å². The van der Waals surface area contributed by atoms with Gasteiger partial charge in [-0.05, 0) is 49.1 Å². The minimum absolute atomic E-state index is 0.0746. The fourth-order valence-electron chi connectivity index (χ4n) is 1.92. The van der Waals surface area contributed by atoms with E-state index in [0.717, 1.165) is 48.9 Å². The Kier molecular flexibility index (Phi) is 8.54. The van der Waals surface area contributed by atoms with Crippen molar-refractivity contribution in [2.75, 3.05) is 6.54 Å². The van der Waals surface area contributed by atoms with Gasteiger partial charge in [-0.2, -0.15) is 0 Å². The second kappa shape index (κ2) is 10.2. The van der Waals surface area contributed by atoms with Gasteiger partial charge in [-0.1, -0.05) is 19.3 Å². The second-order valence-electron chi connectivity index (χ2n) is 4.81. The molecule has 0 saturated carbocycles. The molecule has 1 aromatic carbocycles. The van der Waals surface area contributed by atoms with Gasteiger partial charge < -0.3 is 10.4 Å². The summed E-state index contributed by atoms with van der Waals surface area (Å²) < 4.78 is 0. The number of nitrogens with one attached hydrogen (secondary N) is 1. The van der Waals surface area contributed by atoms with Gasteiger partial charge in [0, 0.05) is 23.4 Å². The topological polar surface area (TPSA) is 92.4 Å². The Bertz CT molecular complexity index is 449. The van der Waals surface area contributed by atoms with E-state index < -0.39 is 5.97 Å². The molecule has 0 radical (unpaired) electrons. The molecule has 1 aromatic rings. The first kappa shape index (κ1) is 17.5. The molecule has 0 aliphatic heterocycles. The number of benzene rings is 1. The standard InChI is InChI=1S/C15H22N2O3S/c16-21-13-9-7-12(8-10-13)15(20)17-11-5-3-1-2-4-6-14(18)19/h7-10H,1-6,11,16H2,(H,17,20)(H,18,19). The van der Waals surface area contributed by atoms with Gasteiger partial charge >= 0.3 is 5.97 Å². The van der Waals surface area contributed by atoms with E-state index in [0.29, 0.717) is 12.1 Å². The van der Waals surface area contributed by atoms with Crippen LogP contribution in [-0.4, -0.2) is 23.5 Å². The third kappa shape index (κ3) is 7.72. The van der Waals surface area contributed by atoms with E-state index in [2.05, 4.69) is 5.32 Å². The summed E-state index contributed by atoms with van der Waals surface area (Å²) in [5.41, 5.74) is 0.634. The molecular formula is C15H22N2O3S. The largest absolute Gasteiger partial charge is 0.481 e. The predicted octanol–water partition coefficient (Wildman–Crippen LogP) is 2.81. The van der Waals surface area contributed by atoms with Gasteiger partial charge in [-0.3, -0.25) is 14.7 Å². The minimum atomic E-state index is -0.735. The van der Waals surface area contributed by atoms with Crippen LogP contribution < -0.4 is 10.5 Å². The summed E-state index contributed by atoms with van der Waals surface area (Å²) in [5, 5.41) is 16.8. The van der Waals surface area contributed by atoms with E-state index in [1.165, 1.54) is 0 Å². The van der Waals surface area contributed by atoms with Gasteiger partial charge in [-0.25, -0.2) is 0 Å². The monoisotopic (exact) mass is 310 g/mol. The van der Waals surface area contributed by atoms with Gasteiger partial charge in [0.15, 0.2) is 0 Å². The van der Waals surface area contributed by atoms with Crippen LogP contribution in [0.2, 0.25) is 0 Å². The van der Waals surface area contributed by atoms with Gasteiger partial charge in [0.2, 0.25) is 0 Å². The highest BCUT2D eigenvalue weighted by Crippen LogP contribution is 2.12. The van der Waals surface area contributed by atoms with E-state index in [4.69, 9.17) is 10.2 Å². The Labute approximate surface area is 129 Å². The second-order valence-corrected chi connectivity index (χ2v) is 5.52. The highest BCUT2D eigenvalue weighted by Gasteiger charge is 2.04. The van der Waals surface area contributed by atoms with Gasteiger partial charge in [0.25, 0.3) is 5.91 Å². The van der Waals surface area contributed by atoms with Crippen molar-refractivity contribution in [1.29, 1.82) is 0 Å². The van der Waals surface area contributed by atoms with E-state index in [9.17, 15) is 9.59 Å². The van der Waals surface area contributed by atoms with Crippen LogP contribution in [0.25, 0.3) is 0 Å². The molecule has 0 fully saturated rings. The molecule has 0 bridgehead atoms. The Balaban J connectivity index is 2.09. The lowest BCUT2D eigenvalue weighted by atomic mass is 10.1. The number of carbonyl (C=O) groups is 2. The SMILES string of the molecule is NSc1ccc(C(=O)NCCCCCCCC(=O)O)cc1. The molecule has 21 heavy (non-hydrogen) atoms. The molecule has 116 valence electrons. The molecule has 4 N–H and O–H groups in total. The summed E-state index contributed by atoms with van der Waals surface area (Å²) in [4.78, 5) is 23.1. The number of aliphatic carboxylic acids is 1. The Morgan fingerprint density at radius 2 is 1.67 bits per heavy atom. The smallest absolute Gasteiger partial charge is 0.303 e. The van der Waals surface area contributed by atoms with Crippen LogP contribution in [-0.2, 0) is 4.79 Å². The summed E-state index contributed by atoms with van der Waals surface area (Å²) in [5.74, 6) is -0.809. The maximum Gasteiger partial charge on any atom is 0.303 e. The van der Waals surface area contributed by atoms with Crippen LogP contribution >= 0.6 is 11.9 Å². The van der Waals surface area contributed by atoms with Crippen LogP contribution in [0.1, 0.15) is 48.9 Å². The molecule has 6 heteroatoms. The molecule has 0 unspecified atom stereocenters. The molecule has 5 nitrogen and oxygen atoms in total. The van der Waals surface area contributed by atoms with Crippen molar-refractivity contribution in [2.45, 2.75) is 43.4 Å². The Hall–Kier alpha value is -1.53. The number of hydrogen-bond donors (Lipinski definition) is 3. The average Bonchev–Trinajstić information content (AvgIpc) is 2.49. The third-order valence-electron chi connectivity index (χ3n) is 3.11. The summed E-state index contributed by atoms with van der Waals surface area (Å²) in [7, 11) is 0. The molecule has 1 amide bonds. The zero-order chi connectivity index (χ0) is 15.5. The maximum atomic E-state index is 11.8. The van der Waals surface area contributed by atoms with Gasteiger partial charge in [0.05, 0.1) is 0 Å². The zero-order valence-corrected chi connectivity index (χ0v) is 12.8. The van der Waals surface area contributed by atoms with Crippen LogP contribution in [0, 0.1) is 0 Å². The summed E-state index contributed by atoms with van der Waals surface area (Å²) in [6, 6.07) is 7.16. The van der Waals surface area contributed by atoms with Crippen molar-refractivity contribution in [3.05, 3.63) is 29.8 Å². The van der Waals surface area contributed by atoms with Crippen molar-refractivity contribution >= 4 is 23.8 Å². The number of unbranched alkanes of at least 4 members (excludes halogenated alkanes) is 4. The zero-order valence-electron chi connectivity index (χ0n) is 12.0. The lowest BCUT2D eigenvalue weighted by Gasteiger charge is -2.05. The first-order valence-corrected chi connectivity index (χ1v) is 7.98. The highest BCUT2D eigenvalue weighted by atomic mass is 32.2. The van der Waals surface area contributed by atoms with Crippen LogP contribution in [0.15, 0.2) is 29.2 Å². The molecule has 0 aliphatic carbocycles. The summed E-state index contributed by atoms with van der Waals surface area (Å²) in [6.45, 7) is 0.644. The number of amides is 1. The number of carboxylic acid groups (broad SMARTS) is 1. The fourth-order valence-corrected chi connectivity index (χ4v) is 2.21. The summed E-state index contributed by atoms with van der Waals surface area (Å²) in [6.07, 6.45) is 4.82. The van der Waals surface area contributed by atoms with E-state index in [-0.39, 0.29) is 12.3 Å². The van der Waals surface area contributed by atoms with E-state index >= 15 is 0 Å². The van der Waals surface area contributed by atoms with E-state index in [1.807, 2.05) is 12.1 Å². The number of hydrogen-bond acceptors (Lipinski definition) is 4. The molecule has 0 heterocycles. The summed E-state index contributed by atoms with van der Waals surface area (Å²) >= 11 is 1.15. The van der Waals surface area contributed by atoms with Crippen LogP contribution in [0.4, 0.5) is 0 Å². The lowest BCUT2D eigenvalue weighted by Crippen LogP contribution is -2.24. The molecule has 0 spiro atoms. The number of carboxylic acids is 1. The number of nitrogens with two attached hydrogens (primary N) is 1. The fraction of sp³-hybridized carbons (Fsp3) is 0.467. The highest BCUT2D eigenvalue weighted by molar-refractivity contribution is 7.97. The average molecular weight is 310 g/mol. The van der Waals surface area contributed by atoms with E-state index in [1.54, 1.807) is 12.1 Å². The van der Waals surface area contributed by atoms with Crippen molar-refractivity contribution in [1.82, 2.24) is 5.32 Å². The van der Waals surface area contributed by atoms with Crippen LogP contribution in [0.5, 0.6) is 0 Å². The minimum Gasteiger partial charge on any atom is -0.481 e. The van der Waals surface area contributed by atoms with Gasteiger partial charge in [-0.15, -0.1) is 0 Å².